The number of ether oxygens (including phenoxy) is 5. The summed E-state index contributed by atoms with van der Waals surface area (Å²) in [5.41, 5.74) is 1.80. The lowest BCUT2D eigenvalue weighted by atomic mass is 9.99. The van der Waals surface area contributed by atoms with Crippen molar-refractivity contribution in [3.63, 3.8) is 0 Å². The van der Waals surface area contributed by atoms with E-state index in [9.17, 15) is 14.4 Å². The molecule has 0 bridgehead atoms. The maximum Gasteiger partial charge on any atom is 0.338 e. The average Bonchev–Trinajstić information content (AvgIpc) is 3.05. The molecule has 43 heavy (non-hydrogen) atoms. The second kappa shape index (κ2) is 14.7. The lowest BCUT2D eigenvalue weighted by Crippen LogP contribution is -2.61. The van der Waals surface area contributed by atoms with Crippen molar-refractivity contribution in [1.82, 2.24) is 0 Å². The number of carbonyl (C=O) groups excluding carboxylic acids is 3. The number of rotatable bonds is 10. The molecule has 9 heteroatoms. The van der Waals surface area contributed by atoms with Gasteiger partial charge in [0.15, 0.2) is 23.3 Å². The standard InChI is InChI=1S/C34H29BrO8/c35-31-30(43-34(38)26-19-11-4-12-20-26)29(42-33(37)25-17-9-3-10-18-25)28(41-32(36)24-15-7-2-8-16-24)27(40-31)22-39-21-23-13-5-1-6-14-23/h1-20,27-31H,21-22H2/t27-,28+,29+,30-,31+/m1/s1. The minimum atomic E-state index is -1.25. The van der Waals surface area contributed by atoms with Gasteiger partial charge >= 0.3 is 17.9 Å². The fourth-order valence-electron chi connectivity index (χ4n) is 4.57. The molecule has 4 aromatic carbocycles. The van der Waals surface area contributed by atoms with Crippen LogP contribution in [0.15, 0.2) is 121 Å². The Morgan fingerprint density at radius 2 is 0.953 bits per heavy atom. The Kier molecular flexibility index (Phi) is 10.3. The maximum absolute atomic E-state index is 13.3. The van der Waals surface area contributed by atoms with Crippen molar-refractivity contribution >= 4 is 33.8 Å². The van der Waals surface area contributed by atoms with Crippen LogP contribution < -0.4 is 0 Å². The first-order valence-corrected chi connectivity index (χ1v) is 14.6. The van der Waals surface area contributed by atoms with E-state index in [-0.39, 0.29) is 18.8 Å². The number of carbonyl (C=O) groups is 3. The van der Waals surface area contributed by atoms with Crippen LogP contribution in [-0.2, 0) is 30.3 Å². The Bertz CT molecular complexity index is 1480. The van der Waals surface area contributed by atoms with Crippen LogP contribution in [-0.4, -0.2) is 53.9 Å². The Morgan fingerprint density at radius 3 is 1.42 bits per heavy atom. The molecule has 1 fully saturated rings. The molecule has 8 nitrogen and oxygen atoms in total. The summed E-state index contributed by atoms with van der Waals surface area (Å²) in [6.45, 7) is 0.260. The van der Waals surface area contributed by atoms with Crippen LogP contribution in [0.4, 0.5) is 0 Å². The van der Waals surface area contributed by atoms with Crippen LogP contribution in [0.2, 0.25) is 0 Å². The minimum Gasteiger partial charge on any atom is -0.452 e. The van der Waals surface area contributed by atoms with E-state index < -0.39 is 47.3 Å². The van der Waals surface area contributed by atoms with E-state index in [2.05, 4.69) is 15.9 Å². The molecule has 0 aliphatic carbocycles. The monoisotopic (exact) mass is 644 g/mol. The van der Waals surface area contributed by atoms with Crippen molar-refractivity contribution in [2.75, 3.05) is 6.61 Å². The first-order chi connectivity index (χ1) is 21.0. The molecule has 0 amide bonds. The predicted molar refractivity (Wildman–Crippen MR) is 161 cm³/mol. The third kappa shape index (κ3) is 7.95. The van der Waals surface area contributed by atoms with Crippen molar-refractivity contribution in [3.05, 3.63) is 144 Å². The van der Waals surface area contributed by atoms with Gasteiger partial charge in [0.2, 0.25) is 0 Å². The first kappa shape index (κ1) is 30.2. The lowest BCUT2D eigenvalue weighted by Gasteiger charge is -2.43. The van der Waals surface area contributed by atoms with Gasteiger partial charge in [0.1, 0.15) is 6.10 Å². The molecule has 1 heterocycles. The topological polar surface area (TPSA) is 97.4 Å². The van der Waals surface area contributed by atoms with Crippen molar-refractivity contribution in [2.24, 2.45) is 0 Å². The van der Waals surface area contributed by atoms with Crippen molar-refractivity contribution in [2.45, 2.75) is 36.0 Å². The molecule has 0 saturated carbocycles. The fraction of sp³-hybridized carbons (Fsp3) is 0.206. The molecule has 220 valence electrons. The summed E-state index contributed by atoms with van der Waals surface area (Å²) in [6.07, 6.45) is -4.52. The molecule has 0 unspecified atom stereocenters. The van der Waals surface area contributed by atoms with Crippen LogP contribution in [0.25, 0.3) is 0 Å². The molecule has 0 aromatic heterocycles. The fourth-order valence-corrected chi connectivity index (χ4v) is 5.25. The predicted octanol–water partition coefficient (Wildman–Crippen LogP) is 6.00. The summed E-state index contributed by atoms with van der Waals surface area (Å²) < 4.78 is 30.0. The molecule has 1 aliphatic heterocycles. The van der Waals surface area contributed by atoms with Gasteiger partial charge in [-0.25, -0.2) is 14.4 Å². The summed E-state index contributed by atoms with van der Waals surface area (Å²) in [4.78, 5) is 39.8. The summed E-state index contributed by atoms with van der Waals surface area (Å²) >= 11 is 3.47. The highest BCUT2D eigenvalue weighted by Gasteiger charge is 2.52. The van der Waals surface area contributed by atoms with Gasteiger partial charge in [-0.15, -0.1) is 0 Å². The molecule has 1 saturated heterocycles. The molecule has 4 aromatic rings. The highest BCUT2D eigenvalue weighted by molar-refractivity contribution is 9.09. The van der Waals surface area contributed by atoms with Gasteiger partial charge < -0.3 is 23.7 Å². The SMILES string of the molecule is O=C(O[C@@H]1[C@@H](OC(=O)c2ccccc2)[C@@H](Br)O[C@H](COCc2ccccc2)[C@@H]1OC(=O)c1ccccc1)c1ccccc1. The number of hydrogen-bond donors (Lipinski definition) is 0. The third-order valence-corrected chi connectivity index (χ3v) is 7.47. The van der Waals surface area contributed by atoms with E-state index >= 15 is 0 Å². The first-order valence-electron chi connectivity index (χ1n) is 13.7. The Hall–Kier alpha value is -4.31. The van der Waals surface area contributed by atoms with Crippen molar-refractivity contribution in [1.29, 1.82) is 0 Å². The molecule has 0 radical (unpaired) electrons. The number of esters is 3. The van der Waals surface area contributed by atoms with Crippen LogP contribution >= 0.6 is 15.9 Å². The zero-order valence-electron chi connectivity index (χ0n) is 23.0. The number of hydrogen-bond acceptors (Lipinski definition) is 8. The van der Waals surface area contributed by atoms with Gasteiger partial charge in [-0.1, -0.05) is 101 Å². The zero-order valence-corrected chi connectivity index (χ0v) is 24.6. The molecular weight excluding hydrogens is 616 g/mol. The number of benzene rings is 4. The van der Waals surface area contributed by atoms with Gasteiger partial charge in [-0.3, -0.25) is 0 Å². The van der Waals surface area contributed by atoms with Crippen LogP contribution in [0, 0.1) is 0 Å². The Morgan fingerprint density at radius 1 is 0.558 bits per heavy atom. The average molecular weight is 646 g/mol. The van der Waals surface area contributed by atoms with Crippen molar-refractivity contribution < 1.29 is 38.1 Å². The largest absolute Gasteiger partial charge is 0.452 e. The van der Waals surface area contributed by atoms with Crippen LogP contribution in [0.1, 0.15) is 36.6 Å². The van der Waals surface area contributed by atoms with Gasteiger partial charge in [0, 0.05) is 0 Å². The quantitative estimate of drug-likeness (QED) is 0.118. The summed E-state index contributed by atoms with van der Waals surface area (Å²) in [6, 6.07) is 34.7. The van der Waals surface area contributed by atoms with E-state index in [4.69, 9.17) is 23.7 Å². The maximum atomic E-state index is 13.3. The zero-order chi connectivity index (χ0) is 30.0. The van der Waals surface area contributed by atoms with Gasteiger partial charge in [-0.05, 0) is 42.0 Å². The summed E-state index contributed by atoms with van der Waals surface area (Å²) in [7, 11) is 0. The lowest BCUT2D eigenvalue weighted by molar-refractivity contribution is -0.210. The van der Waals surface area contributed by atoms with Crippen LogP contribution in [0.5, 0.6) is 0 Å². The van der Waals surface area contributed by atoms with Gasteiger partial charge in [0.05, 0.1) is 29.9 Å². The van der Waals surface area contributed by atoms with E-state index in [0.717, 1.165) is 5.56 Å². The highest BCUT2D eigenvalue weighted by atomic mass is 79.9. The second-order valence-corrected chi connectivity index (χ2v) is 10.6. The Labute approximate surface area is 257 Å². The van der Waals surface area contributed by atoms with E-state index in [1.165, 1.54) is 0 Å². The minimum absolute atomic E-state index is 0.0114. The third-order valence-electron chi connectivity index (χ3n) is 6.73. The molecule has 0 spiro atoms. The molecule has 1 aliphatic rings. The number of halogens is 1. The summed E-state index contributed by atoms with van der Waals surface area (Å²) in [5, 5.41) is -0.925. The van der Waals surface area contributed by atoms with E-state index in [0.29, 0.717) is 11.1 Å². The van der Waals surface area contributed by atoms with Crippen molar-refractivity contribution in [3.8, 4) is 0 Å². The number of alkyl halides is 1. The highest BCUT2D eigenvalue weighted by Crippen LogP contribution is 2.33. The second-order valence-electron chi connectivity index (χ2n) is 9.73. The molecule has 5 atom stereocenters. The van der Waals surface area contributed by atoms with Crippen LogP contribution in [0.3, 0.4) is 0 Å². The summed E-state index contributed by atoms with van der Waals surface area (Å²) in [5.74, 6) is -2.01. The molecule has 5 rings (SSSR count). The van der Waals surface area contributed by atoms with E-state index in [1.807, 2.05) is 30.3 Å². The van der Waals surface area contributed by atoms with E-state index in [1.54, 1.807) is 91.0 Å². The molecule has 0 N–H and O–H groups in total. The Balaban J connectivity index is 1.45. The normalized spacial score (nSPS) is 21.4. The van der Waals surface area contributed by atoms with Gasteiger partial charge in [-0.2, -0.15) is 0 Å². The molecular formula is C34H29BrO8. The smallest absolute Gasteiger partial charge is 0.338 e. The van der Waals surface area contributed by atoms with Gasteiger partial charge in [0.25, 0.3) is 0 Å².